The van der Waals surface area contributed by atoms with Crippen molar-refractivity contribution in [3.8, 4) is 22.7 Å². The molecule has 4 aromatic heterocycles. The van der Waals surface area contributed by atoms with Gasteiger partial charge in [-0.15, -0.1) is 0 Å². The van der Waals surface area contributed by atoms with Gasteiger partial charge in [-0.3, -0.25) is 0 Å². The van der Waals surface area contributed by atoms with E-state index in [2.05, 4.69) is 480 Å². The van der Waals surface area contributed by atoms with E-state index in [1.165, 1.54) is 243 Å². The van der Waals surface area contributed by atoms with Crippen LogP contribution in [0.25, 0.3) is 115 Å². The number of para-hydroxylation sites is 3. The monoisotopic (exact) mass is 1860 g/mol. The maximum absolute atomic E-state index is 8.13. The molecule has 10 heteroatoms. The number of benzene rings is 18. The quantitative estimate of drug-likeness (QED) is 0.128. The summed E-state index contributed by atoms with van der Waals surface area (Å²) in [5.41, 5.74) is 64.0. The molecular weight excluding hydrogens is 1750 g/mol. The van der Waals surface area contributed by atoms with E-state index in [4.69, 9.17) is 6.57 Å². The first-order chi connectivity index (χ1) is 69.9. The normalized spacial score (nSPS) is 17.0. The summed E-state index contributed by atoms with van der Waals surface area (Å²) < 4.78 is 10.3. The molecule has 0 aliphatic carbocycles. The SMILES string of the molecule is CC1(C)c2cccc3c2B2c4c1cccc4C(C)(C)c1ccc4c5ccc(N(c6ccccc6)c6ccccc6)cc5n-3c4c12.Cc1ccc2c(c1)c1ccc3c4c1n2-c1cccc2c1B4c1c(cccc1C3(C)C)C2(C)C.Cc1cccc2c1c1ccc3c4c1n2-c1cccc2c1B4c1c(cccc1C3(C)C)C2(C)C.[C-]#[N+]c1cc2c3c4c1c1ccccc1n4-c1cccc4c1B3c1c(cccc1C2(C)C)C4(C)C. The van der Waals surface area contributed by atoms with E-state index in [9.17, 15) is 0 Å². The lowest BCUT2D eigenvalue weighted by Crippen LogP contribution is -2.68. The highest BCUT2D eigenvalue weighted by atomic mass is 15.1. The van der Waals surface area contributed by atoms with Crippen LogP contribution in [0.3, 0.4) is 0 Å². The molecule has 690 valence electrons. The highest BCUT2D eigenvalue weighted by Crippen LogP contribution is 2.55. The lowest BCUT2D eigenvalue weighted by molar-refractivity contribution is 0.621. The third-order valence-corrected chi connectivity index (χ3v) is 38.6. The summed E-state index contributed by atoms with van der Waals surface area (Å²) in [5, 5.41) is 10.5. The summed E-state index contributed by atoms with van der Waals surface area (Å²) in [4.78, 5) is 6.46. The molecule has 6 nitrogen and oxygen atoms in total. The number of anilines is 3. The van der Waals surface area contributed by atoms with Gasteiger partial charge in [0.25, 0.3) is 0 Å². The maximum atomic E-state index is 8.13. The predicted octanol–water partition coefficient (Wildman–Crippen LogP) is 24.2. The van der Waals surface area contributed by atoms with Crippen molar-refractivity contribution in [1.82, 2.24) is 18.3 Å². The number of aryl methyl sites for hydroxylation is 2. The summed E-state index contributed by atoms with van der Waals surface area (Å²) in [6, 6.07) is 124. The molecule has 0 saturated heterocycles. The Hall–Kier alpha value is -15.3. The van der Waals surface area contributed by atoms with Gasteiger partial charge < -0.3 is 23.2 Å². The van der Waals surface area contributed by atoms with Crippen LogP contribution in [0.2, 0.25) is 0 Å². The minimum Gasteiger partial charge on any atom is -0.312 e. The Labute approximate surface area is 849 Å². The van der Waals surface area contributed by atoms with Gasteiger partial charge in [-0.25, -0.2) is 4.85 Å². The third kappa shape index (κ3) is 9.91. The Balaban J connectivity index is 0.0000000888. The Kier molecular flexibility index (Phi) is 15.9. The second kappa shape index (κ2) is 27.4. The van der Waals surface area contributed by atoms with Crippen molar-refractivity contribution in [2.24, 2.45) is 0 Å². The largest absolute Gasteiger partial charge is 0.312 e. The zero-order valence-electron chi connectivity index (χ0n) is 85.7. The van der Waals surface area contributed by atoms with E-state index in [-0.39, 0.29) is 56.7 Å². The number of nitrogens with zero attached hydrogens (tertiary/aromatic N) is 6. The van der Waals surface area contributed by atoms with Crippen molar-refractivity contribution in [1.29, 1.82) is 0 Å². The molecule has 34 rings (SSSR count). The number of rotatable bonds is 3. The molecule has 12 aliphatic heterocycles. The maximum Gasteiger partial charge on any atom is 0.248 e. The van der Waals surface area contributed by atoms with Crippen LogP contribution in [0, 0.1) is 20.4 Å². The van der Waals surface area contributed by atoms with Gasteiger partial charge in [-0.1, -0.05) is 386 Å². The van der Waals surface area contributed by atoms with Crippen LogP contribution in [-0.4, -0.2) is 45.1 Å². The molecular formula is C135H108B4N6. The number of aromatic nitrogens is 4. The van der Waals surface area contributed by atoms with E-state index in [1.807, 2.05) is 0 Å². The summed E-state index contributed by atoms with van der Waals surface area (Å²) >= 11 is 0. The summed E-state index contributed by atoms with van der Waals surface area (Å²) in [7, 11) is 0. The summed E-state index contributed by atoms with van der Waals surface area (Å²) in [6.07, 6.45) is 0. The van der Waals surface area contributed by atoms with Crippen molar-refractivity contribution in [3.05, 3.63) is 439 Å². The van der Waals surface area contributed by atoms with Gasteiger partial charge in [0.15, 0.2) is 5.69 Å². The Morgan fingerprint density at radius 1 is 0.214 bits per heavy atom. The first kappa shape index (κ1) is 84.2. The second-order valence-electron chi connectivity index (χ2n) is 48.3. The molecule has 0 spiro atoms. The Bertz CT molecular complexity index is 9830. The molecule has 16 heterocycles. The molecule has 12 aliphatic rings. The van der Waals surface area contributed by atoms with Gasteiger partial charge in [-0.05, 0) is 237 Å². The fourth-order valence-corrected chi connectivity index (χ4v) is 32.2. The smallest absolute Gasteiger partial charge is 0.248 e. The van der Waals surface area contributed by atoms with E-state index in [0.29, 0.717) is 13.4 Å². The molecule has 0 radical (unpaired) electrons. The number of fused-ring (bicyclic) bond motifs is 16. The van der Waals surface area contributed by atoms with Crippen LogP contribution >= 0.6 is 0 Å². The number of hydrogen-bond donors (Lipinski definition) is 0. The van der Waals surface area contributed by atoms with E-state index < -0.39 is 0 Å². The van der Waals surface area contributed by atoms with Gasteiger partial charge in [0.2, 0.25) is 26.9 Å². The molecule has 0 bridgehead atoms. The van der Waals surface area contributed by atoms with Crippen molar-refractivity contribution in [3.63, 3.8) is 0 Å². The summed E-state index contributed by atoms with van der Waals surface area (Å²) in [5.74, 6) is 0. The van der Waals surface area contributed by atoms with Crippen LogP contribution in [-0.2, 0) is 43.3 Å². The fourth-order valence-electron chi connectivity index (χ4n) is 32.2. The van der Waals surface area contributed by atoms with E-state index >= 15 is 0 Å². The first-order valence-corrected chi connectivity index (χ1v) is 52.6. The summed E-state index contributed by atoms with van der Waals surface area (Å²) in [6.45, 7) is 52.3. The zero-order chi connectivity index (χ0) is 98.3. The first-order valence-electron chi connectivity index (χ1n) is 52.6. The van der Waals surface area contributed by atoms with Gasteiger partial charge in [-0.2, -0.15) is 0 Å². The second-order valence-corrected chi connectivity index (χ2v) is 48.3. The highest BCUT2D eigenvalue weighted by molar-refractivity contribution is 7.02. The highest BCUT2D eigenvalue weighted by Gasteiger charge is 2.58. The van der Waals surface area contributed by atoms with Crippen LogP contribution < -0.4 is 70.5 Å². The molecule has 0 saturated carbocycles. The van der Waals surface area contributed by atoms with Crippen LogP contribution in [0.4, 0.5) is 22.7 Å². The average Bonchev–Trinajstić information content (AvgIpc) is 1.55. The Morgan fingerprint density at radius 3 is 0.945 bits per heavy atom. The minimum atomic E-state index is -0.175. The van der Waals surface area contributed by atoms with Crippen LogP contribution in [0.1, 0.15) is 211 Å². The van der Waals surface area contributed by atoms with Crippen molar-refractivity contribution in [2.75, 3.05) is 4.90 Å². The van der Waals surface area contributed by atoms with Crippen molar-refractivity contribution < 1.29 is 0 Å². The molecule has 145 heavy (non-hydrogen) atoms. The third-order valence-electron chi connectivity index (χ3n) is 38.6. The standard InChI is InChI=1S/C42H33BN2.C31H23BN2.2C31H26BN/c1-41(2)31-17-11-18-32-37(31)43-38-33(41)19-12-20-35(38)45-36-25-28(44(26-13-7-5-8-14-26)27-15-9-6-10-16-27)21-22-29(36)30-23-24-34(42(32,3)4)39(43)40(30)45;1-30(2)18-11-8-12-19-26(18)32-27-20(30)13-9-15-24(27)34-23-14-7-6-10-17(23)25-22(33-5)16-21(31(19,3)4)28(32)29(25)34;1-17-9-6-13-23-25(17)18-15-16-22-28-29(18)33(23)24-14-8-12-21-27(24)32(28)26-19(30(21,2)3)10-7-11-20(26)31(22,4)5;1-17-12-15-24-19(16-17)18-13-14-23-28-29(18)33(24)25-11-7-10-22-27(25)32(28)26-20(30(22,2)3)8-6-9-21(26)31(23,4)5/h5-25H,1-4H3;6-16H,1-4H3;2*6-16H,1-5H3. The topological polar surface area (TPSA) is 27.3 Å². The van der Waals surface area contributed by atoms with Gasteiger partial charge in [0.05, 0.1) is 28.6 Å². The zero-order valence-corrected chi connectivity index (χ0v) is 85.7. The molecule has 0 unspecified atom stereocenters. The number of hydrogen-bond acceptors (Lipinski definition) is 1. The van der Waals surface area contributed by atoms with Gasteiger partial charge >= 0.3 is 0 Å². The average molecular weight is 1860 g/mol. The molecule has 0 atom stereocenters. The molecule has 0 amide bonds. The molecule has 0 fully saturated rings. The van der Waals surface area contributed by atoms with Gasteiger partial charge in [0, 0.05) is 143 Å². The fraction of sp³-hybridized carbons (Fsp3) is 0.193. The van der Waals surface area contributed by atoms with E-state index in [1.54, 1.807) is 27.3 Å². The molecule has 18 aromatic carbocycles. The molecule has 0 N–H and O–H groups in total. The predicted molar refractivity (Wildman–Crippen MR) is 615 cm³/mol. The minimum absolute atomic E-state index is 0.0221. The Morgan fingerprint density at radius 2 is 0.524 bits per heavy atom. The lowest BCUT2D eigenvalue weighted by atomic mass is 9.26. The van der Waals surface area contributed by atoms with Gasteiger partial charge in [0.1, 0.15) is 0 Å². The van der Waals surface area contributed by atoms with Crippen LogP contribution in [0.15, 0.2) is 328 Å². The molecule has 22 aromatic rings. The van der Waals surface area contributed by atoms with Crippen molar-refractivity contribution in [2.45, 2.75) is 168 Å². The van der Waals surface area contributed by atoms with Crippen LogP contribution in [0.5, 0.6) is 0 Å². The van der Waals surface area contributed by atoms with E-state index in [0.717, 1.165) is 28.1 Å². The van der Waals surface area contributed by atoms with Crippen molar-refractivity contribution >= 4 is 202 Å². The lowest BCUT2D eigenvalue weighted by Gasteiger charge is -2.49.